The smallest absolute Gasteiger partial charge is 0.257 e. The molecule has 1 saturated heterocycles. The second kappa shape index (κ2) is 6.59. The lowest BCUT2D eigenvalue weighted by atomic mass is 9.96. The molecule has 1 aromatic heterocycles. The first kappa shape index (κ1) is 14.6. The number of nitrogens with zero attached hydrogens (tertiary/aromatic N) is 1. The summed E-state index contributed by atoms with van der Waals surface area (Å²) in [6, 6.07) is 1.84. The van der Waals surface area contributed by atoms with Crippen LogP contribution in [-0.4, -0.2) is 35.8 Å². The topological polar surface area (TPSA) is 62.6 Å². The van der Waals surface area contributed by atoms with E-state index in [1.54, 1.807) is 11.0 Å². The van der Waals surface area contributed by atoms with Gasteiger partial charge in [0.05, 0.1) is 17.7 Å². The van der Waals surface area contributed by atoms with E-state index in [0.717, 1.165) is 19.3 Å². The fourth-order valence-electron chi connectivity index (χ4n) is 2.41. The van der Waals surface area contributed by atoms with Crippen LogP contribution >= 0.6 is 0 Å². The third kappa shape index (κ3) is 3.40. The summed E-state index contributed by atoms with van der Waals surface area (Å²) in [5.74, 6) is -0.0996. The van der Waals surface area contributed by atoms with Gasteiger partial charge in [0.2, 0.25) is 5.91 Å². The highest BCUT2D eigenvalue weighted by atomic mass is 16.3. The Labute approximate surface area is 119 Å². The van der Waals surface area contributed by atoms with E-state index in [4.69, 9.17) is 4.42 Å². The highest BCUT2D eigenvalue weighted by molar-refractivity contribution is 5.94. The van der Waals surface area contributed by atoms with Crippen LogP contribution in [0.4, 0.5) is 0 Å². The Balaban J connectivity index is 1.95. The summed E-state index contributed by atoms with van der Waals surface area (Å²) in [5, 5.41) is 3.00. The summed E-state index contributed by atoms with van der Waals surface area (Å²) in [6.45, 7) is 5.24. The van der Waals surface area contributed by atoms with Gasteiger partial charge in [0, 0.05) is 19.1 Å². The van der Waals surface area contributed by atoms with E-state index in [2.05, 4.69) is 5.32 Å². The number of hydrogen-bond donors (Lipinski definition) is 1. The van der Waals surface area contributed by atoms with E-state index >= 15 is 0 Å². The molecule has 5 nitrogen and oxygen atoms in total. The molecule has 0 unspecified atom stereocenters. The molecule has 1 aliphatic rings. The van der Waals surface area contributed by atoms with Crippen molar-refractivity contribution in [1.82, 2.24) is 10.2 Å². The summed E-state index contributed by atoms with van der Waals surface area (Å²) in [7, 11) is 0. The normalized spacial score (nSPS) is 20.5. The lowest BCUT2D eigenvalue weighted by molar-refractivity contribution is -0.126. The molecule has 110 valence electrons. The van der Waals surface area contributed by atoms with Crippen LogP contribution < -0.4 is 5.32 Å². The van der Waals surface area contributed by atoms with E-state index in [1.165, 1.54) is 12.5 Å². The van der Waals surface area contributed by atoms with Crippen LogP contribution in [0.1, 0.15) is 43.5 Å². The van der Waals surface area contributed by atoms with E-state index in [1.807, 2.05) is 13.8 Å². The molecular formula is C15H22N2O3. The maximum absolute atomic E-state index is 12.2. The monoisotopic (exact) mass is 278 g/mol. The fourth-order valence-corrected chi connectivity index (χ4v) is 2.41. The summed E-state index contributed by atoms with van der Waals surface area (Å²) < 4.78 is 4.94. The molecule has 2 atom stereocenters. The minimum atomic E-state index is -0.103. The number of hydrogen-bond acceptors (Lipinski definition) is 3. The third-order valence-electron chi connectivity index (χ3n) is 3.85. The van der Waals surface area contributed by atoms with Crippen LogP contribution in [0.15, 0.2) is 23.0 Å². The van der Waals surface area contributed by atoms with Gasteiger partial charge in [-0.3, -0.25) is 9.59 Å². The van der Waals surface area contributed by atoms with Gasteiger partial charge in [0.1, 0.15) is 6.26 Å². The maximum atomic E-state index is 12.2. The van der Waals surface area contributed by atoms with Gasteiger partial charge in [-0.15, -0.1) is 0 Å². The van der Waals surface area contributed by atoms with Crippen molar-refractivity contribution in [3.8, 4) is 0 Å². The quantitative estimate of drug-likeness (QED) is 0.916. The second-order valence-corrected chi connectivity index (χ2v) is 5.42. The molecule has 1 aromatic rings. The minimum absolute atomic E-state index is 0.0558. The molecule has 0 bridgehead atoms. The molecule has 0 aromatic carbocycles. The van der Waals surface area contributed by atoms with Gasteiger partial charge in [-0.05, 0) is 32.3 Å². The Hall–Kier alpha value is -1.78. The predicted octanol–water partition coefficient (Wildman–Crippen LogP) is 2.05. The highest BCUT2D eigenvalue weighted by Gasteiger charge is 2.29. The molecule has 1 N–H and O–H groups in total. The van der Waals surface area contributed by atoms with Crippen LogP contribution in [0, 0.1) is 5.92 Å². The van der Waals surface area contributed by atoms with Gasteiger partial charge in [-0.1, -0.05) is 6.92 Å². The van der Waals surface area contributed by atoms with Crippen molar-refractivity contribution in [2.45, 2.75) is 39.2 Å². The Kier molecular flexibility index (Phi) is 4.82. The summed E-state index contributed by atoms with van der Waals surface area (Å²) in [4.78, 5) is 26.1. The third-order valence-corrected chi connectivity index (χ3v) is 3.85. The number of carbonyl (C=O) groups excluding carboxylic acids is 2. The Morgan fingerprint density at radius 3 is 3.00 bits per heavy atom. The molecule has 0 radical (unpaired) electrons. The van der Waals surface area contributed by atoms with E-state index in [9.17, 15) is 9.59 Å². The first-order valence-corrected chi connectivity index (χ1v) is 7.23. The van der Waals surface area contributed by atoms with Crippen molar-refractivity contribution < 1.29 is 14.0 Å². The first-order valence-electron chi connectivity index (χ1n) is 7.23. The fraction of sp³-hybridized carbons (Fsp3) is 0.600. The number of furan rings is 1. The average molecular weight is 278 g/mol. The zero-order chi connectivity index (χ0) is 14.5. The molecule has 0 aliphatic carbocycles. The summed E-state index contributed by atoms with van der Waals surface area (Å²) >= 11 is 0. The number of carbonyl (C=O) groups is 2. The Bertz CT molecular complexity index is 456. The SMILES string of the molecule is CC[C@H](C)NC(=O)[C@H]1CCCN(C(=O)c2ccoc2)C1. The van der Waals surface area contributed by atoms with Crippen molar-refractivity contribution in [2.24, 2.45) is 5.92 Å². The van der Waals surface area contributed by atoms with Gasteiger partial charge in [-0.25, -0.2) is 0 Å². The van der Waals surface area contributed by atoms with E-state index in [-0.39, 0.29) is 23.8 Å². The predicted molar refractivity (Wildman–Crippen MR) is 75.2 cm³/mol. The maximum Gasteiger partial charge on any atom is 0.257 e. The Morgan fingerprint density at radius 1 is 1.55 bits per heavy atom. The summed E-state index contributed by atoms with van der Waals surface area (Å²) in [6.07, 6.45) is 5.56. The summed E-state index contributed by atoms with van der Waals surface area (Å²) in [5.41, 5.74) is 0.549. The van der Waals surface area contributed by atoms with Crippen molar-refractivity contribution in [3.63, 3.8) is 0 Å². The molecule has 5 heteroatoms. The van der Waals surface area contributed by atoms with Crippen LogP contribution in [0.3, 0.4) is 0 Å². The van der Waals surface area contributed by atoms with Crippen LogP contribution in [0.25, 0.3) is 0 Å². The molecular weight excluding hydrogens is 256 g/mol. The minimum Gasteiger partial charge on any atom is -0.472 e. The van der Waals surface area contributed by atoms with Gasteiger partial charge >= 0.3 is 0 Å². The van der Waals surface area contributed by atoms with Gasteiger partial charge in [0.25, 0.3) is 5.91 Å². The lowest BCUT2D eigenvalue weighted by Crippen LogP contribution is -2.47. The van der Waals surface area contributed by atoms with Crippen molar-refractivity contribution in [2.75, 3.05) is 13.1 Å². The van der Waals surface area contributed by atoms with Crippen molar-refractivity contribution in [3.05, 3.63) is 24.2 Å². The van der Waals surface area contributed by atoms with Crippen LogP contribution in [-0.2, 0) is 4.79 Å². The Morgan fingerprint density at radius 2 is 2.35 bits per heavy atom. The molecule has 2 rings (SSSR count). The van der Waals surface area contributed by atoms with Gasteiger partial charge < -0.3 is 14.6 Å². The first-order chi connectivity index (χ1) is 9.61. The molecule has 0 spiro atoms. The number of nitrogens with one attached hydrogen (secondary N) is 1. The average Bonchev–Trinajstić information content (AvgIpc) is 3.00. The van der Waals surface area contributed by atoms with Crippen LogP contribution in [0.5, 0.6) is 0 Å². The lowest BCUT2D eigenvalue weighted by Gasteiger charge is -2.32. The largest absolute Gasteiger partial charge is 0.472 e. The second-order valence-electron chi connectivity index (χ2n) is 5.42. The number of amides is 2. The number of piperidine rings is 1. The van der Waals surface area contributed by atoms with Gasteiger partial charge in [0.15, 0.2) is 0 Å². The zero-order valence-electron chi connectivity index (χ0n) is 12.1. The van der Waals surface area contributed by atoms with Crippen LogP contribution in [0.2, 0.25) is 0 Å². The molecule has 1 fully saturated rings. The van der Waals surface area contributed by atoms with Crippen molar-refractivity contribution in [1.29, 1.82) is 0 Å². The van der Waals surface area contributed by atoms with E-state index < -0.39 is 0 Å². The highest BCUT2D eigenvalue weighted by Crippen LogP contribution is 2.19. The molecule has 0 saturated carbocycles. The van der Waals surface area contributed by atoms with E-state index in [0.29, 0.717) is 18.7 Å². The number of rotatable bonds is 4. The molecule has 1 aliphatic heterocycles. The van der Waals surface area contributed by atoms with Crippen molar-refractivity contribution >= 4 is 11.8 Å². The molecule has 20 heavy (non-hydrogen) atoms. The number of likely N-dealkylation sites (tertiary alicyclic amines) is 1. The molecule has 2 amide bonds. The van der Waals surface area contributed by atoms with Gasteiger partial charge in [-0.2, -0.15) is 0 Å². The zero-order valence-corrected chi connectivity index (χ0v) is 12.1. The standard InChI is InChI=1S/C15H22N2O3/c1-3-11(2)16-14(18)12-5-4-7-17(9-12)15(19)13-6-8-20-10-13/h6,8,10-12H,3-5,7,9H2,1-2H3,(H,16,18)/t11-,12-/m0/s1. The molecule has 2 heterocycles.